The molecule has 0 saturated heterocycles. The molecule has 1 aromatic carbocycles. The van der Waals surface area contributed by atoms with Crippen molar-refractivity contribution in [3.63, 3.8) is 0 Å². The molecule has 0 heterocycles. The minimum atomic E-state index is -0.992. The summed E-state index contributed by atoms with van der Waals surface area (Å²) in [6.07, 6.45) is 0. The van der Waals surface area contributed by atoms with Gasteiger partial charge in [0.2, 0.25) is 0 Å². The maximum absolute atomic E-state index is 12.9. The van der Waals surface area contributed by atoms with E-state index in [1.54, 1.807) is 13.8 Å². The van der Waals surface area contributed by atoms with Crippen LogP contribution in [0.15, 0.2) is 12.1 Å². The van der Waals surface area contributed by atoms with Crippen molar-refractivity contribution >= 4 is 5.78 Å². The van der Waals surface area contributed by atoms with E-state index >= 15 is 0 Å². The fraction of sp³-hybridized carbons (Fsp3) is 0.300. The Balaban J connectivity index is 3.19. The van der Waals surface area contributed by atoms with E-state index in [0.717, 1.165) is 12.1 Å². The van der Waals surface area contributed by atoms with Gasteiger partial charge < -0.3 is 10.2 Å². The van der Waals surface area contributed by atoms with Crippen LogP contribution in [0.1, 0.15) is 24.2 Å². The number of ketones is 1. The molecule has 0 saturated carbocycles. The average molecular weight is 198 g/mol. The van der Waals surface area contributed by atoms with E-state index in [9.17, 15) is 9.18 Å². The zero-order valence-electron chi connectivity index (χ0n) is 7.91. The first kappa shape index (κ1) is 10.5. The Morgan fingerprint density at radius 3 is 2.36 bits per heavy atom. The van der Waals surface area contributed by atoms with Gasteiger partial charge in [-0.05, 0) is 12.1 Å². The second-order valence-electron chi connectivity index (χ2n) is 3.34. The van der Waals surface area contributed by atoms with Crippen molar-refractivity contribution in [3.05, 3.63) is 23.5 Å². The lowest BCUT2D eigenvalue weighted by atomic mass is 10.0. The van der Waals surface area contributed by atoms with Gasteiger partial charge in [0, 0.05) is 11.5 Å². The molecular formula is C10H11FO3. The molecule has 0 bridgehead atoms. The number of phenolic OH excluding ortho intramolecular Hbond substituents is 2. The van der Waals surface area contributed by atoms with Crippen LogP contribution in [0.4, 0.5) is 4.39 Å². The molecule has 1 aromatic rings. The van der Waals surface area contributed by atoms with E-state index in [2.05, 4.69) is 0 Å². The van der Waals surface area contributed by atoms with Crippen molar-refractivity contribution in [1.82, 2.24) is 0 Å². The topological polar surface area (TPSA) is 57.5 Å². The molecule has 0 aliphatic carbocycles. The molecule has 0 spiro atoms. The molecule has 0 amide bonds. The van der Waals surface area contributed by atoms with E-state index in [-0.39, 0.29) is 17.3 Å². The van der Waals surface area contributed by atoms with Gasteiger partial charge in [-0.3, -0.25) is 4.79 Å². The summed E-state index contributed by atoms with van der Waals surface area (Å²) in [6.45, 7) is 3.34. The van der Waals surface area contributed by atoms with Crippen molar-refractivity contribution in [3.8, 4) is 11.5 Å². The highest BCUT2D eigenvalue weighted by atomic mass is 19.1. The lowest BCUT2D eigenvalue weighted by Gasteiger charge is -2.06. The van der Waals surface area contributed by atoms with E-state index in [1.165, 1.54) is 0 Å². The molecule has 0 atom stereocenters. The molecule has 4 heteroatoms. The highest BCUT2D eigenvalue weighted by Crippen LogP contribution is 2.29. The predicted molar refractivity (Wildman–Crippen MR) is 48.9 cm³/mol. The normalized spacial score (nSPS) is 10.6. The van der Waals surface area contributed by atoms with E-state index in [4.69, 9.17) is 10.2 Å². The van der Waals surface area contributed by atoms with Gasteiger partial charge in [-0.25, -0.2) is 4.39 Å². The van der Waals surface area contributed by atoms with E-state index in [0.29, 0.717) is 0 Å². The lowest BCUT2D eigenvalue weighted by Crippen LogP contribution is -2.07. The summed E-state index contributed by atoms with van der Waals surface area (Å²) in [5.74, 6) is -2.99. The number of carbonyl (C=O) groups is 1. The largest absolute Gasteiger partial charge is 0.504 e. The first-order valence-electron chi connectivity index (χ1n) is 4.19. The summed E-state index contributed by atoms with van der Waals surface area (Å²) in [7, 11) is 0. The van der Waals surface area contributed by atoms with Crippen LogP contribution in [0, 0.1) is 11.7 Å². The van der Waals surface area contributed by atoms with Crippen molar-refractivity contribution in [1.29, 1.82) is 0 Å². The Bertz CT molecular complexity index is 349. The third kappa shape index (κ3) is 1.84. The Kier molecular flexibility index (Phi) is 2.74. The summed E-state index contributed by atoms with van der Waals surface area (Å²) >= 11 is 0. The molecule has 76 valence electrons. The van der Waals surface area contributed by atoms with Gasteiger partial charge in [0.1, 0.15) is 0 Å². The van der Waals surface area contributed by atoms with Crippen LogP contribution in [0.5, 0.6) is 11.5 Å². The van der Waals surface area contributed by atoms with Crippen LogP contribution in [0.3, 0.4) is 0 Å². The fourth-order valence-electron chi connectivity index (χ4n) is 1.06. The fourth-order valence-corrected chi connectivity index (χ4v) is 1.06. The van der Waals surface area contributed by atoms with Gasteiger partial charge in [-0.15, -0.1) is 0 Å². The smallest absolute Gasteiger partial charge is 0.194 e. The monoisotopic (exact) mass is 198 g/mol. The summed E-state index contributed by atoms with van der Waals surface area (Å²) in [6, 6.07) is 1.97. The lowest BCUT2D eigenvalue weighted by molar-refractivity contribution is 0.0938. The Morgan fingerprint density at radius 2 is 1.93 bits per heavy atom. The van der Waals surface area contributed by atoms with Gasteiger partial charge in [-0.1, -0.05) is 13.8 Å². The molecule has 0 aliphatic heterocycles. The highest BCUT2D eigenvalue weighted by molar-refractivity contribution is 5.98. The Morgan fingerprint density at radius 1 is 1.36 bits per heavy atom. The van der Waals surface area contributed by atoms with Crippen LogP contribution in [0.2, 0.25) is 0 Å². The van der Waals surface area contributed by atoms with Gasteiger partial charge in [-0.2, -0.15) is 0 Å². The number of aromatic hydroxyl groups is 2. The van der Waals surface area contributed by atoms with Crippen LogP contribution in [0.25, 0.3) is 0 Å². The van der Waals surface area contributed by atoms with Gasteiger partial charge in [0.15, 0.2) is 23.1 Å². The maximum atomic E-state index is 12.9. The second-order valence-corrected chi connectivity index (χ2v) is 3.34. The predicted octanol–water partition coefficient (Wildman–Crippen LogP) is 2.08. The number of Topliss-reactive ketones (excluding diaryl/α,β-unsaturated/α-hetero) is 1. The molecule has 3 nitrogen and oxygen atoms in total. The maximum Gasteiger partial charge on any atom is 0.194 e. The minimum Gasteiger partial charge on any atom is -0.504 e. The summed E-state index contributed by atoms with van der Waals surface area (Å²) in [5, 5.41) is 18.0. The van der Waals surface area contributed by atoms with Crippen molar-refractivity contribution in [2.75, 3.05) is 0 Å². The number of rotatable bonds is 2. The standard InChI is InChI=1S/C10H11FO3/c1-5(2)9(13)6-3-7(11)10(14)8(12)4-6/h3-5,12,14H,1-2H3. The van der Waals surface area contributed by atoms with Crippen molar-refractivity contribution < 1.29 is 19.4 Å². The summed E-state index contributed by atoms with van der Waals surface area (Å²) in [4.78, 5) is 11.4. The van der Waals surface area contributed by atoms with Crippen LogP contribution in [-0.4, -0.2) is 16.0 Å². The first-order valence-corrected chi connectivity index (χ1v) is 4.19. The number of carbonyl (C=O) groups excluding carboxylic acids is 1. The zero-order chi connectivity index (χ0) is 10.9. The molecule has 1 rings (SSSR count). The molecule has 0 aliphatic rings. The zero-order valence-corrected chi connectivity index (χ0v) is 7.91. The molecule has 2 N–H and O–H groups in total. The Labute approximate surface area is 80.8 Å². The number of halogens is 1. The molecule has 0 aromatic heterocycles. The molecule has 0 unspecified atom stereocenters. The number of benzene rings is 1. The SMILES string of the molecule is CC(C)C(=O)c1cc(O)c(O)c(F)c1. The van der Waals surface area contributed by atoms with Crippen LogP contribution >= 0.6 is 0 Å². The average Bonchev–Trinajstić information content (AvgIpc) is 2.12. The van der Waals surface area contributed by atoms with Gasteiger partial charge in [0.05, 0.1) is 0 Å². The molecule has 0 radical (unpaired) electrons. The highest BCUT2D eigenvalue weighted by Gasteiger charge is 2.15. The molecular weight excluding hydrogens is 187 g/mol. The minimum absolute atomic E-state index is 0.0628. The quantitative estimate of drug-likeness (QED) is 0.565. The van der Waals surface area contributed by atoms with Crippen molar-refractivity contribution in [2.45, 2.75) is 13.8 Å². The van der Waals surface area contributed by atoms with E-state index in [1.807, 2.05) is 0 Å². The van der Waals surface area contributed by atoms with E-state index < -0.39 is 17.3 Å². The number of hydrogen-bond acceptors (Lipinski definition) is 3. The molecule has 14 heavy (non-hydrogen) atoms. The third-order valence-corrected chi connectivity index (χ3v) is 1.85. The van der Waals surface area contributed by atoms with Crippen molar-refractivity contribution in [2.24, 2.45) is 5.92 Å². The van der Waals surface area contributed by atoms with Gasteiger partial charge in [0.25, 0.3) is 0 Å². The van der Waals surface area contributed by atoms with Crippen LogP contribution in [-0.2, 0) is 0 Å². The second kappa shape index (κ2) is 3.65. The Hall–Kier alpha value is -1.58. The first-order chi connectivity index (χ1) is 6.43. The summed E-state index contributed by atoms with van der Waals surface area (Å²) < 4.78 is 12.9. The van der Waals surface area contributed by atoms with Gasteiger partial charge >= 0.3 is 0 Å². The number of phenols is 2. The number of hydrogen-bond donors (Lipinski definition) is 2. The molecule has 0 fully saturated rings. The van der Waals surface area contributed by atoms with Crippen LogP contribution < -0.4 is 0 Å². The summed E-state index contributed by atoms with van der Waals surface area (Å²) in [5.41, 5.74) is 0.0628. The third-order valence-electron chi connectivity index (χ3n) is 1.85.